The molecular formula is C16H15FNO2S-. The normalized spacial score (nSPS) is 17.5. The van der Waals surface area contributed by atoms with E-state index < -0.39 is 15.8 Å². The Bertz CT molecular complexity index is 721. The molecule has 3 nitrogen and oxygen atoms in total. The van der Waals surface area contributed by atoms with Crippen molar-refractivity contribution in [2.45, 2.75) is 31.4 Å². The fourth-order valence-electron chi connectivity index (χ4n) is 2.68. The van der Waals surface area contributed by atoms with Gasteiger partial charge in [-0.1, -0.05) is 6.07 Å². The Balaban J connectivity index is 2.13. The van der Waals surface area contributed by atoms with Gasteiger partial charge in [0.2, 0.25) is 0 Å². The number of rotatable bonds is 3. The zero-order valence-corrected chi connectivity index (χ0v) is 12.7. The van der Waals surface area contributed by atoms with Crippen LogP contribution < -0.4 is 0 Å². The number of halogens is 1. The first kappa shape index (κ1) is 14.4. The fraction of sp³-hybridized carbons (Fsp3) is 0.312. The van der Waals surface area contributed by atoms with E-state index in [1.807, 2.05) is 26.0 Å². The summed E-state index contributed by atoms with van der Waals surface area (Å²) >= 11 is -2.18. The highest BCUT2D eigenvalue weighted by Crippen LogP contribution is 2.51. The molecule has 0 N–H and O–H groups in total. The first-order valence-electron chi connectivity index (χ1n) is 6.77. The van der Waals surface area contributed by atoms with Crippen molar-refractivity contribution in [2.75, 3.05) is 0 Å². The summed E-state index contributed by atoms with van der Waals surface area (Å²) in [6.45, 7) is 3.71. The van der Waals surface area contributed by atoms with Gasteiger partial charge >= 0.3 is 0 Å². The maximum absolute atomic E-state index is 14.2. The van der Waals surface area contributed by atoms with Gasteiger partial charge in [-0.05, 0) is 73.2 Å². The van der Waals surface area contributed by atoms with E-state index in [4.69, 9.17) is 0 Å². The van der Waals surface area contributed by atoms with Gasteiger partial charge in [-0.2, -0.15) is 0 Å². The van der Waals surface area contributed by atoms with Crippen molar-refractivity contribution in [1.29, 1.82) is 0 Å². The number of aryl methyl sites for hydroxylation is 2. The Morgan fingerprint density at radius 3 is 2.33 bits per heavy atom. The molecule has 0 bridgehead atoms. The van der Waals surface area contributed by atoms with E-state index in [1.54, 1.807) is 12.1 Å². The number of nitrogens with zero attached hydrogens (tertiary/aromatic N) is 1. The lowest BCUT2D eigenvalue weighted by molar-refractivity contribution is 0.521. The van der Waals surface area contributed by atoms with Crippen LogP contribution in [0.5, 0.6) is 0 Å². The van der Waals surface area contributed by atoms with Crippen LogP contribution in [0, 0.1) is 19.7 Å². The molecule has 0 aliphatic heterocycles. The van der Waals surface area contributed by atoms with Crippen LogP contribution >= 0.6 is 0 Å². The summed E-state index contributed by atoms with van der Waals surface area (Å²) < 4.78 is 36.2. The molecule has 1 heterocycles. The monoisotopic (exact) mass is 304 g/mol. The second-order valence-electron chi connectivity index (χ2n) is 5.56. The van der Waals surface area contributed by atoms with Gasteiger partial charge in [-0.15, -0.1) is 0 Å². The first-order chi connectivity index (χ1) is 9.92. The third kappa shape index (κ3) is 2.51. The van der Waals surface area contributed by atoms with Gasteiger partial charge < -0.3 is 4.55 Å². The van der Waals surface area contributed by atoms with E-state index in [0.29, 0.717) is 24.0 Å². The molecule has 21 heavy (non-hydrogen) atoms. The van der Waals surface area contributed by atoms with Crippen LogP contribution in [-0.4, -0.2) is 13.7 Å². The van der Waals surface area contributed by atoms with Crippen molar-refractivity contribution in [3.05, 3.63) is 53.1 Å². The molecule has 1 atom stereocenters. The topological polar surface area (TPSA) is 53.0 Å². The molecule has 0 saturated heterocycles. The lowest BCUT2D eigenvalue weighted by atomic mass is 9.99. The highest BCUT2D eigenvalue weighted by Gasteiger charge is 2.46. The summed E-state index contributed by atoms with van der Waals surface area (Å²) in [5.74, 6) is -0.351. The maximum Gasteiger partial charge on any atom is 0.131 e. The summed E-state index contributed by atoms with van der Waals surface area (Å²) in [5.41, 5.74) is 3.44. The molecule has 3 rings (SSSR count). The molecular weight excluding hydrogens is 289 g/mol. The Kier molecular flexibility index (Phi) is 3.42. The van der Waals surface area contributed by atoms with Crippen LogP contribution in [0.2, 0.25) is 0 Å². The van der Waals surface area contributed by atoms with E-state index in [2.05, 4.69) is 4.98 Å². The minimum absolute atomic E-state index is 0.351. The molecule has 1 aromatic carbocycles. The van der Waals surface area contributed by atoms with Crippen molar-refractivity contribution in [3.8, 4) is 11.1 Å². The van der Waals surface area contributed by atoms with Crippen molar-refractivity contribution < 1.29 is 13.2 Å². The Morgan fingerprint density at radius 2 is 1.81 bits per heavy atom. The molecule has 2 aromatic rings. The smallest absolute Gasteiger partial charge is 0.131 e. The van der Waals surface area contributed by atoms with Crippen LogP contribution in [0.25, 0.3) is 11.1 Å². The van der Waals surface area contributed by atoms with Crippen molar-refractivity contribution >= 4 is 11.1 Å². The molecule has 1 saturated carbocycles. The van der Waals surface area contributed by atoms with Crippen molar-refractivity contribution in [3.63, 3.8) is 0 Å². The molecule has 1 aliphatic carbocycles. The average Bonchev–Trinajstić information content (AvgIpc) is 3.19. The zero-order valence-electron chi connectivity index (χ0n) is 11.9. The summed E-state index contributed by atoms with van der Waals surface area (Å²) in [4.78, 5) is 4.28. The largest absolute Gasteiger partial charge is 0.772 e. The van der Waals surface area contributed by atoms with Gasteiger partial charge in [0.15, 0.2) is 0 Å². The number of aromatic nitrogens is 1. The number of hydrogen-bond acceptors (Lipinski definition) is 3. The average molecular weight is 304 g/mol. The van der Waals surface area contributed by atoms with E-state index in [-0.39, 0.29) is 5.82 Å². The van der Waals surface area contributed by atoms with Crippen LogP contribution in [-0.2, 0) is 15.8 Å². The molecule has 1 aliphatic rings. The molecule has 1 aromatic heterocycles. The molecule has 110 valence electrons. The molecule has 0 amide bonds. The van der Waals surface area contributed by atoms with E-state index in [9.17, 15) is 13.2 Å². The highest BCUT2D eigenvalue weighted by atomic mass is 32.2. The first-order valence-corrected chi connectivity index (χ1v) is 7.85. The minimum atomic E-state index is -2.18. The van der Waals surface area contributed by atoms with Crippen molar-refractivity contribution in [1.82, 2.24) is 4.98 Å². The Labute approximate surface area is 125 Å². The SMILES string of the molecule is Cc1cc(-c2cc(C3(S(=O)[O-])CC3)ccc2F)cc(C)n1. The molecule has 5 heteroatoms. The molecule has 1 fully saturated rings. The fourth-order valence-corrected chi connectivity index (χ4v) is 3.44. The third-order valence-corrected chi connectivity index (χ3v) is 5.19. The summed E-state index contributed by atoms with van der Waals surface area (Å²) in [6.07, 6.45) is 1.20. The second kappa shape index (κ2) is 5.00. The lowest BCUT2D eigenvalue weighted by Gasteiger charge is -2.20. The summed E-state index contributed by atoms with van der Waals surface area (Å²) in [5, 5.41) is 0. The number of benzene rings is 1. The van der Waals surface area contributed by atoms with Gasteiger partial charge in [-0.3, -0.25) is 9.19 Å². The highest BCUT2D eigenvalue weighted by molar-refractivity contribution is 7.80. The number of pyridine rings is 1. The van der Waals surface area contributed by atoms with Crippen LogP contribution in [0.1, 0.15) is 29.8 Å². The lowest BCUT2D eigenvalue weighted by Crippen LogP contribution is -2.13. The Hall–Kier alpha value is -1.59. The predicted molar refractivity (Wildman–Crippen MR) is 78.9 cm³/mol. The molecule has 0 radical (unpaired) electrons. The zero-order chi connectivity index (χ0) is 15.2. The second-order valence-corrected chi connectivity index (χ2v) is 6.81. The van der Waals surface area contributed by atoms with E-state index in [1.165, 1.54) is 6.07 Å². The van der Waals surface area contributed by atoms with Gasteiger partial charge in [-0.25, -0.2) is 4.39 Å². The summed E-state index contributed by atoms with van der Waals surface area (Å²) in [7, 11) is 0. The summed E-state index contributed by atoms with van der Waals surface area (Å²) in [6, 6.07) is 8.20. The minimum Gasteiger partial charge on any atom is -0.772 e. The van der Waals surface area contributed by atoms with Crippen LogP contribution in [0.3, 0.4) is 0 Å². The quantitative estimate of drug-likeness (QED) is 0.817. The third-order valence-electron chi connectivity index (χ3n) is 3.91. The van der Waals surface area contributed by atoms with Gasteiger partial charge in [0.25, 0.3) is 0 Å². The van der Waals surface area contributed by atoms with Crippen molar-refractivity contribution in [2.24, 2.45) is 0 Å². The predicted octanol–water partition coefficient (Wildman–Crippen LogP) is 3.37. The van der Waals surface area contributed by atoms with E-state index in [0.717, 1.165) is 17.0 Å². The van der Waals surface area contributed by atoms with Gasteiger partial charge in [0.05, 0.1) is 4.75 Å². The van der Waals surface area contributed by atoms with Gasteiger partial charge in [0, 0.05) is 17.0 Å². The van der Waals surface area contributed by atoms with E-state index >= 15 is 0 Å². The van der Waals surface area contributed by atoms with Crippen LogP contribution in [0.4, 0.5) is 4.39 Å². The van der Waals surface area contributed by atoms with Crippen LogP contribution in [0.15, 0.2) is 30.3 Å². The molecule has 0 spiro atoms. The standard InChI is InChI=1S/C16H16FNO2S/c1-10-7-12(8-11(2)18-10)14-9-13(3-4-15(14)17)16(5-6-16)21(19)20/h3-4,7-9H,5-6H2,1-2H3,(H,19,20)/p-1. The maximum atomic E-state index is 14.2. The molecule has 1 unspecified atom stereocenters. The number of hydrogen-bond donors (Lipinski definition) is 0. The Morgan fingerprint density at radius 1 is 1.19 bits per heavy atom. The van der Waals surface area contributed by atoms with Gasteiger partial charge in [0.1, 0.15) is 5.82 Å².